The molecule has 32 heavy (non-hydrogen) atoms. The van der Waals surface area contributed by atoms with Gasteiger partial charge in [0.15, 0.2) is 5.65 Å². The van der Waals surface area contributed by atoms with Crippen LogP contribution in [0, 0.1) is 0 Å². The lowest BCUT2D eigenvalue weighted by molar-refractivity contribution is -0.289. The molecular weight excluding hydrogens is 441 g/mol. The molecule has 3 heterocycles. The topological polar surface area (TPSA) is 100 Å². The third kappa shape index (κ3) is 3.48. The number of aromatic nitrogens is 3. The first kappa shape index (κ1) is 21.5. The van der Waals surface area contributed by atoms with Crippen LogP contribution in [0.15, 0.2) is 36.5 Å². The Labute approximate surface area is 176 Å². The summed E-state index contributed by atoms with van der Waals surface area (Å²) < 4.78 is 71.1. The predicted molar refractivity (Wildman–Crippen MR) is 100 cm³/mol. The number of hydrogen-bond donors (Lipinski definition) is 2. The normalized spacial score (nSPS) is 17.0. The summed E-state index contributed by atoms with van der Waals surface area (Å²) in [5, 5.41) is 7.95. The van der Waals surface area contributed by atoms with Crippen LogP contribution >= 0.6 is 0 Å². The molecule has 1 atom stereocenters. The second-order valence-electron chi connectivity index (χ2n) is 6.97. The Kier molecular flexibility index (Phi) is 4.98. The number of H-pyrrole nitrogens is 1. The molecule has 0 radical (unpaired) electrons. The van der Waals surface area contributed by atoms with Crippen LogP contribution in [0.25, 0.3) is 11.0 Å². The number of alkyl halides is 5. The number of nitrogens with zero attached hydrogens (tertiary/aromatic N) is 3. The van der Waals surface area contributed by atoms with Crippen molar-refractivity contribution in [3.63, 3.8) is 0 Å². The van der Waals surface area contributed by atoms with Crippen molar-refractivity contribution in [3.05, 3.63) is 47.8 Å². The Morgan fingerprint density at radius 1 is 1.25 bits per heavy atom. The minimum absolute atomic E-state index is 0.229. The molecule has 8 nitrogen and oxygen atoms in total. The number of halogens is 5. The monoisotopic (exact) mass is 455 g/mol. The van der Waals surface area contributed by atoms with Gasteiger partial charge >= 0.3 is 12.1 Å². The quantitative estimate of drug-likeness (QED) is 0.592. The highest BCUT2D eigenvalue weighted by atomic mass is 19.4. The van der Waals surface area contributed by atoms with E-state index >= 15 is 0 Å². The van der Waals surface area contributed by atoms with Crippen molar-refractivity contribution in [1.29, 1.82) is 0 Å². The Bertz CT molecular complexity index is 1210. The van der Waals surface area contributed by atoms with Gasteiger partial charge in [-0.25, -0.2) is 4.98 Å². The third-order valence-corrected chi connectivity index (χ3v) is 4.92. The number of amides is 2. The van der Waals surface area contributed by atoms with Crippen LogP contribution in [0.2, 0.25) is 0 Å². The van der Waals surface area contributed by atoms with Crippen LogP contribution in [0.5, 0.6) is 5.75 Å². The van der Waals surface area contributed by atoms with Crippen molar-refractivity contribution in [1.82, 2.24) is 20.5 Å². The first-order valence-corrected chi connectivity index (χ1v) is 9.10. The van der Waals surface area contributed by atoms with Crippen molar-refractivity contribution >= 4 is 28.5 Å². The summed E-state index contributed by atoms with van der Waals surface area (Å²) in [5.41, 5.74) is -1.64. The van der Waals surface area contributed by atoms with Crippen LogP contribution in [-0.4, -0.2) is 52.9 Å². The van der Waals surface area contributed by atoms with Gasteiger partial charge in [-0.2, -0.15) is 27.1 Å². The molecule has 1 unspecified atom stereocenters. The first-order valence-electron chi connectivity index (χ1n) is 9.10. The number of fused-ring (bicyclic) bond motifs is 2. The fourth-order valence-corrected chi connectivity index (χ4v) is 3.20. The maximum atomic E-state index is 13.7. The molecule has 0 fully saturated rings. The largest absolute Gasteiger partial charge is 0.489 e. The van der Waals surface area contributed by atoms with Crippen molar-refractivity contribution in [3.8, 4) is 5.75 Å². The number of likely N-dealkylation sites (N-methyl/N-ethyl adjacent to an activating group) is 1. The van der Waals surface area contributed by atoms with Crippen LogP contribution in [0.3, 0.4) is 0 Å². The Morgan fingerprint density at radius 3 is 2.69 bits per heavy atom. The van der Waals surface area contributed by atoms with E-state index in [2.05, 4.69) is 20.5 Å². The zero-order valence-electron chi connectivity index (χ0n) is 16.2. The van der Waals surface area contributed by atoms with Crippen LogP contribution < -0.4 is 15.0 Å². The second-order valence-corrected chi connectivity index (χ2v) is 6.97. The average Bonchev–Trinajstić information content (AvgIpc) is 3.13. The molecule has 3 aromatic rings. The second kappa shape index (κ2) is 7.43. The van der Waals surface area contributed by atoms with Crippen molar-refractivity contribution in [2.75, 3.05) is 18.6 Å². The minimum Gasteiger partial charge on any atom is -0.489 e. The van der Waals surface area contributed by atoms with Gasteiger partial charge in [-0.15, -0.1) is 0 Å². The molecule has 1 aliphatic rings. The van der Waals surface area contributed by atoms with Gasteiger partial charge in [-0.3, -0.25) is 14.7 Å². The third-order valence-electron chi connectivity index (χ3n) is 4.92. The Hall–Kier alpha value is -3.77. The molecule has 2 amide bonds. The summed E-state index contributed by atoms with van der Waals surface area (Å²) in [4.78, 5) is 30.2. The van der Waals surface area contributed by atoms with Gasteiger partial charge in [0.25, 0.3) is 11.8 Å². The smallest absolute Gasteiger partial charge is 0.458 e. The summed E-state index contributed by atoms with van der Waals surface area (Å²) in [7, 11) is 1.48. The first-order chi connectivity index (χ1) is 15.0. The van der Waals surface area contributed by atoms with Crippen molar-refractivity contribution < 1.29 is 36.3 Å². The van der Waals surface area contributed by atoms with Gasteiger partial charge in [0.2, 0.25) is 0 Å². The standard InChI is InChI=1S/C19H14F5N5O3/c1-29-12-4-2-3-5-13(12)32-8-11(17(29)31)26-16(30)14-10-6-9(7-25-15(10)28-27-14)18(20,21)19(22,23)24/h2-7,11H,8H2,1H3,(H,26,30)(H,25,27,28). The molecule has 2 N–H and O–H groups in total. The number of anilines is 1. The highest BCUT2D eigenvalue weighted by molar-refractivity contribution is 6.07. The fourth-order valence-electron chi connectivity index (χ4n) is 3.20. The molecule has 0 bridgehead atoms. The van der Waals surface area contributed by atoms with Gasteiger partial charge in [0.05, 0.1) is 11.1 Å². The number of rotatable bonds is 3. The van der Waals surface area contributed by atoms with E-state index in [9.17, 15) is 31.5 Å². The van der Waals surface area contributed by atoms with Gasteiger partial charge in [0, 0.05) is 18.8 Å². The Morgan fingerprint density at radius 2 is 1.97 bits per heavy atom. The molecule has 13 heteroatoms. The lowest BCUT2D eigenvalue weighted by atomic mass is 10.1. The predicted octanol–water partition coefficient (Wildman–Crippen LogP) is 2.77. The van der Waals surface area contributed by atoms with E-state index in [1.807, 2.05) is 0 Å². The van der Waals surface area contributed by atoms with E-state index in [4.69, 9.17) is 4.74 Å². The van der Waals surface area contributed by atoms with Crippen LogP contribution in [0.1, 0.15) is 16.1 Å². The van der Waals surface area contributed by atoms with Gasteiger partial charge < -0.3 is 15.0 Å². The molecule has 4 rings (SSSR count). The van der Waals surface area contributed by atoms with Gasteiger partial charge in [-0.1, -0.05) is 12.1 Å². The number of pyridine rings is 1. The van der Waals surface area contributed by atoms with E-state index in [0.717, 1.165) is 0 Å². The number of carbonyl (C=O) groups is 2. The average molecular weight is 455 g/mol. The molecule has 0 spiro atoms. The summed E-state index contributed by atoms with van der Waals surface area (Å²) in [5.74, 6) is -6.24. The van der Waals surface area contributed by atoms with Crippen molar-refractivity contribution in [2.45, 2.75) is 18.1 Å². The molecule has 2 aromatic heterocycles. The molecule has 168 valence electrons. The highest BCUT2D eigenvalue weighted by Gasteiger charge is 2.59. The maximum Gasteiger partial charge on any atom is 0.458 e. The number of para-hydroxylation sites is 2. The molecule has 1 aromatic carbocycles. The number of aromatic amines is 1. The van der Waals surface area contributed by atoms with Gasteiger partial charge in [0.1, 0.15) is 24.1 Å². The van der Waals surface area contributed by atoms with E-state index in [0.29, 0.717) is 23.7 Å². The van der Waals surface area contributed by atoms with Crippen LogP contribution in [-0.2, 0) is 10.7 Å². The van der Waals surface area contributed by atoms with Gasteiger partial charge in [-0.05, 0) is 18.2 Å². The number of carbonyl (C=O) groups excluding carboxylic acids is 2. The zero-order chi connectivity index (χ0) is 23.3. The summed E-state index contributed by atoms with van der Waals surface area (Å²) in [6.07, 6.45) is -5.51. The lowest BCUT2D eigenvalue weighted by Crippen LogP contribution is -2.49. The van der Waals surface area contributed by atoms with E-state index in [1.54, 1.807) is 24.3 Å². The minimum atomic E-state index is -5.85. The molecule has 0 saturated carbocycles. The molecular formula is C19H14F5N5O3. The number of nitrogens with one attached hydrogen (secondary N) is 2. The summed E-state index contributed by atoms with van der Waals surface area (Å²) in [6, 6.07) is 6.01. The number of hydrogen-bond acceptors (Lipinski definition) is 5. The summed E-state index contributed by atoms with van der Waals surface area (Å²) in [6.45, 7) is -0.229. The number of benzene rings is 1. The molecule has 1 aliphatic heterocycles. The Balaban J connectivity index is 1.62. The summed E-state index contributed by atoms with van der Waals surface area (Å²) >= 11 is 0. The maximum absolute atomic E-state index is 13.7. The van der Waals surface area contributed by atoms with E-state index < -0.39 is 41.2 Å². The zero-order valence-corrected chi connectivity index (χ0v) is 16.2. The van der Waals surface area contributed by atoms with E-state index in [1.165, 1.54) is 11.9 Å². The lowest BCUT2D eigenvalue weighted by Gasteiger charge is -2.20. The van der Waals surface area contributed by atoms with Crippen molar-refractivity contribution in [2.24, 2.45) is 0 Å². The highest BCUT2D eigenvalue weighted by Crippen LogP contribution is 2.44. The molecule has 0 aliphatic carbocycles. The molecule has 0 saturated heterocycles. The van der Waals surface area contributed by atoms with E-state index in [-0.39, 0.29) is 17.6 Å². The number of ether oxygens (including phenoxy) is 1. The fraction of sp³-hybridized carbons (Fsp3) is 0.263. The SMILES string of the molecule is CN1C(=O)C(NC(=O)c2[nH]nc3ncc(C(F)(F)C(F)(F)F)cc23)COc2ccccc21. The van der Waals surface area contributed by atoms with Crippen LogP contribution in [0.4, 0.5) is 27.6 Å².